The number of rotatable bonds is 3. The molecule has 5 nitrogen and oxygen atoms in total. The number of ketones is 1. The van der Waals surface area contributed by atoms with Gasteiger partial charge in [-0.3, -0.25) is 14.4 Å². The van der Waals surface area contributed by atoms with Crippen molar-refractivity contribution < 1.29 is 19.3 Å². The van der Waals surface area contributed by atoms with Crippen LogP contribution in [0, 0.1) is 18.8 Å². The number of halogens is 1. The summed E-state index contributed by atoms with van der Waals surface area (Å²) in [4.78, 5) is 42.6. The number of hydrogen-bond acceptors (Lipinski definition) is 3. The van der Waals surface area contributed by atoms with Crippen LogP contribution in [-0.2, 0) is 9.59 Å². The molecule has 0 radical (unpaired) electrons. The molecular formula is C23H22ClN2O3+. The fourth-order valence-corrected chi connectivity index (χ4v) is 5.61. The number of benzene rings is 2. The van der Waals surface area contributed by atoms with Crippen LogP contribution in [0.15, 0.2) is 48.5 Å². The van der Waals surface area contributed by atoms with Gasteiger partial charge in [-0.05, 0) is 31.2 Å². The molecule has 2 aromatic rings. The molecule has 3 aliphatic rings. The molecule has 0 aromatic heterocycles. The predicted molar refractivity (Wildman–Crippen MR) is 109 cm³/mol. The van der Waals surface area contributed by atoms with Crippen molar-refractivity contribution in [3.05, 3.63) is 64.7 Å². The minimum atomic E-state index is -0.590. The predicted octanol–water partition coefficient (Wildman–Crippen LogP) is 2.07. The number of anilines is 1. The molecule has 0 aliphatic carbocycles. The highest BCUT2D eigenvalue weighted by Gasteiger charge is 2.68. The van der Waals surface area contributed by atoms with E-state index in [2.05, 4.69) is 0 Å². The van der Waals surface area contributed by atoms with Gasteiger partial charge in [-0.1, -0.05) is 41.4 Å². The quantitative estimate of drug-likeness (QED) is 0.623. The molecular weight excluding hydrogens is 388 g/mol. The Bertz CT molecular complexity index is 1000. The summed E-state index contributed by atoms with van der Waals surface area (Å²) in [6.45, 7) is 2.81. The van der Waals surface area contributed by atoms with Gasteiger partial charge in [0.05, 0.1) is 12.2 Å². The highest BCUT2D eigenvalue weighted by molar-refractivity contribution is 6.31. The van der Waals surface area contributed by atoms with Crippen LogP contribution in [0.2, 0.25) is 5.02 Å². The van der Waals surface area contributed by atoms with E-state index < -0.39 is 17.9 Å². The van der Waals surface area contributed by atoms with E-state index in [0.717, 1.165) is 29.8 Å². The first-order chi connectivity index (χ1) is 14.0. The van der Waals surface area contributed by atoms with E-state index >= 15 is 0 Å². The summed E-state index contributed by atoms with van der Waals surface area (Å²) < 4.78 is 0. The van der Waals surface area contributed by atoms with Gasteiger partial charge in [-0.25, -0.2) is 4.90 Å². The zero-order chi connectivity index (χ0) is 20.3. The molecule has 6 heteroatoms. The second kappa shape index (κ2) is 6.78. The van der Waals surface area contributed by atoms with Gasteiger partial charge in [0.1, 0.15) is 17.9 Å². The highest BCUT2D eigenvalue weighted by Crippen LogP contribution is 2.40. The molecule has 3 fully saturated rings. The van der Waals surface area contributed by atoms with E-state index in [1.807, 2.05) is 31.2 Å². The van der Waals surface area contributed by atoms with E-state index in [1.165, 1.54) is 4.90 Å². The summed E-state index contributed by atoms with van der Waals surface area (Å²) in [6, 6.07) is 13.8. The molecule has 1 N–H and O–H groups in total. The number of carbonyl (C=O) groups excluding carboxylic acids is 3. The van der Waals surface area contributed by atoms with Crippen molar-refractivity contribution in [1.29, 1.82) is 0 Å². The third kappa shape index (κ3) is 2.75. The van der Waals surface area contributed by atoms with E-state index in [-0.39, 0.29) is 23.6 Å². The second-order valence-corrected chi connectivity index (χ2v) is 8.76. The maximum Gasteiger partial charge on any atom is 0.244 e. The van der Waals surface area contributed by atoms with Gasteiger partial charge in [-0.15, -0.1) is 0 Å². The third-order valence-corrected chi connectivity index (χ3v) is 7.00. The maximum atomic E-state index is 13.5. The fourth-order valence-electron chi connectivity index (χ4n) is 5.48. The number of amides is 2. The first-order valence-corrected chi connectivity index (χ1v) is 10.4. The van der Waals surface area contributed by atoms with E-state index in [0.29, 0.717) is 16.3 Å². The Morgan fingerprint density at radius 3 is 2.34 bits per heavy atom. The number of quaternary nitrogens is 1. The number of imide groups is 1. The average molecular weight is 410 g/mol. The number of aryl methyl sites for hydroxylation is 1. The highest BCUT2D eigenvalue weighted by atomic mass is 35.5. The van der Waals surface area contributed by atoms with Crippen LogP contribution in [-0.4, -0.2) is 36.2 Å². The Hall–Kier alpha value is -2.50. The Balaban J connectivity index is 1.54. The lowest BCUT2D eigenvalue weighted by Gasteiger charge is -2.25. The smallest absolute Gasteiger partial charge is 0.244 e. The third-order valence-electron chi connectivity index (χ3n) is 6.75. The number of hydrogen-bond donors (Lipinski definition) is 1. The number of nitrogens with zero attached hydrogens (tertiary/aromatic N) is 1. The largest absolute Gasteiger partial charge is 0.322 e. The van der Waals surface area contributed by atoms with Crippen molar-refractivity contribution in [3.63, 3.8) is 0 Å². The van der Waals surface area contributed by atoms with Crippen molar-refractivity contribution in [3.8, 4) is 0 Å². The number of carbonyl (C=O) groups is 3. The van der Waals surface area contributed by atoms with E-state index in [9.17, 15) is 14.4 Å². The maximum absolute atomic E-state index is 13.5. The molecule has 0 saturated carbocycles. The molecule has 0 spiro atoms. The van der Waals surface area contributed by atoms with Crippen LogP contribution in [0.4, 0.5) is 5.69 Å². The number of fused-ring (bicyclic) bond motifs is 3. The van der Waals surface area contributed by atoms with E-state index in [1.54, 1.807) is 24.3 Å². The lowest BCUT2D eigenvalue weighted by molar-refractivity contribution is -0.915. The SMILES string of the molecule is Cc1ccc(C(=O)[C@@H]2[C@H]3C(=O)N(c4ccc(Cl)cc4)C(=O)[C@@H]3[C@H]3CCC[NH+]32)cc1. The minimum absolute atomic E-state index is 0.0292. The first kappa shape index (κ1) is 18.5. The Morgan fingerprint density at radius 2 is 1.66 bits per heavy atom. The molecule has 2 amide bonds. The monoisotopic (exact) mass is 409 g/mol. The van der Waals surface area contributed by atoms with Crippen molar-refractivity contribution >= 4 is 34.9 Å². The number of Topliss-reactive ketones (excluding diaryl/α,β-unsaturated/α-hetero) is 1. The summed E-state index contributed by atoms with van der Waals surface area (Å²) >= 11 is 5.97. The lowest BCUT2D eigenvalue weighted by Crippen LogP contribution is -3.16. The summed E-state index contributed by atoms with van der Waals surface area (Å²) in [5.41, 5.74) is 2.22. The summed E-state index contributed by atoms with van der Waals surface area (Å²) in [5, 5.41) is 0.548. The van der Waals surface area contributed by atoms with Crippen LogP contribution in [0.3, 0.4) is 0 Å². The van der Waals surface area contributed by atoms with Crippen molar-refractivity contribution in [2.45, 2.75) is 31.8 Å². The summed E-state index contributed by atoms with van der Waals surface area (Å²) in [6.07, 6.45) is 1.85. The van der Waals surface area contributed by atoms with Crippen LogP contribution in [0.5, 0.6) is 0 Å². The van der Waals surface area contributed by atoms with Gasteiger partial charge < -0.3 is 4.90 Å². The van der Waals surface area contributed by atoms with Crippen LogP contribution in [0.25, 0.3) is 0 Å². The van der Waals surface area contributed by atoms with Crippen LogP contribution < -0.4 is 9.80 Å². The fraction of sp³-hybridized carbons (Fsp3) is 0.348. The standard InChI is InChI=1S/C23H21ClN2O3/c1-13-4-6-14(7-5-13)21(27)20-19-18(17-3-2-12-25(17)20)22(28)26(23(19)29)16-10-8-15(24)9-11-16/h4-11,17-20H,2-3,12H2,1H3/p+1/t17-,18-,19+,20+/m1/s1. The molecule has 3 saturated heterocycles. The molecule has 148 valence electrons. The summed E-state index contributed by atoms with van der Waals surface area (Å²) in [5.74, 6) is -1.47. The van der Waals surface area contributed by atoms with Crippen LogP contribution in [0.1, 0.15) is 28.8 Å². The average Bonchev–Trinajstić information content (AvgIpc) is 3.35. The Morgan fingerprint density at radius 1 is 1.00 bits per heavy atom. The van der Waals surface area contributed by atoms with Gasteiger partial charge in [0.15, 0.2) is 6.04 Å². The zero-order valence-corrected chi connectivity index (χ0v) is 16.9. The zero-order valence-electron chi connectivity index (χ0n) is 16.1. The van der Waals surface area contributed by atoms with Crippen molar-refractivity contribution in [2.75, 3.05) is 11.4 Å². The minimum Gasteiger partial charge on any atom is -0.322 e. The van der Waals surface area contributed by atoms with Gasteiger partial charge >= 0.3 is 0 Å². The molecule has 2 aromatic carbocycles. The summed E-state index contributed by atoms with van der Waals surface area (Å²) in [7, 11) is 0. The van der Waals surface area contributed by atoms with Crippen molar-refractivity contribution in [2.24, 2.45) is 11.8 Å². The first-order valence-electron chi connectivity index (χ1n) is 10.1. The van der Waals surface area contributed by atoms with Crippen molar-refractivity contribution in [1.82, 2.24) is 0 Å². The second-order valence-electron chi connectivity index (χ2n) is 8.32. The normalized spacial score (nSPS) is 30.6. The van der Waals surface area contributed by atoms with E-state index in [4.69, 9.17) is 11.6 Å². The Labute approximate surface area is 174 Å². The van der Waals surface area contributed by atoms with Gasteiger partial charge in [0, 0.05) is 23.4 Å². The lowest BCUT2D eigenvalue weighted by atomic mass is 9.85. The molecule has 3 heterocycles. The molecule has 0 bridgehead atoms. The molecule has 5 rings (SSSR count). The molecule has 29 heavy (non-hydrogen) atoms. The number of nitrogens with one attached hydrogen (secondary N) is 1. The van der Waals surface area contributed by atoms with Crippen LogP contribution >= 0.6 is 11.6 Å². The molecule has 3 aliphatic heterocycles. The van der Waals surface area contributed by atoms with Gasteiger partial charge in [0.25, 0.3) is 0 Å². The Kier molecular flexibility index (Phi) is 4.33. The molecule has 5 atom stereocenters. The molecule has 1 unspecified atom stereocenters. The topological polar surface area (TPSA) is 58.9 Å². The van der Waals surface area contributed by atoms with Gasteiger partial charge in [-0.2, -0.15) is 0 Å². The van der Waals surface area contributed by atoms with Gasteiger partial charge in [0.2, 0.25) is 17.6 Å².